The minimum absolute atomic E-state index is 0.347. The lowest BCUT2D eigenvalue weighted by Crippen LogP contribution is -2.17. The number of nitrogens with one attached hydrogen (secondary N) is 1. The van der Waals surface area contributed by atoms with E-state index in [1.807, 2.05) is 52.0 Å². The molecule has 0 fully saturated rings. The summed E-state index contributed by atoms with van der Waals surface area (Å²) in [7, 11) is -1.03. The number of amides is 1. The van der Waals surface area contributed by atoms with Gasteiger partial charge in [-0.2, -0.15) is 5.10 Å². The Hall–Kier alpha value is -3.33. The highest BCUT2D eigenvalue weighted by molar-refractivity contribution is 7.83. The molecule has 0 radical (unpaired) electrons. The van der Waals surface area contributed by atoms with E-state index in [1.54, 1.807) is 16.8 Å². The third-order valence-electron chi connectivity index (χ3n) is 5.42. The Bertz CT molecular complexity index is 1210. The summed E-state index contributed by atoms with van der Waals surface area (Å²) in [5.74, 6) is 2.28. The van der Waals surface area contributed by atoms with Crippen LogP contribution in [-0.4, -0.2) is 39.7 Å². The summed E-state index contributed by atoms with van der Waals surface area (Å²) in [6.07, 6.45) is 0. The number of benzene rings is 2. The van der Waals surface area contributed by atoms with Crippen LogP contribution in [0.25, 0.3) is 5.69 Å². The van der Waals surface area contributed by atoms with Gasteiger partial charge in [-0.05, 0) is 51.5 Å². The summed E-state index contributed by atoms with van der Waals surface area (Å²) >= 11 is 0. The Morgan fingerprint density at radius 1 is 1.03 bits per heavy atom. The number of anilines is 1. The lowest BCUT2D eigenvalue weighted by atomic mass is 10.1. The Morgan fingerprint density at radius 3 is 2.29 bits per heavy atom. The molecule has 1 N–H and O–H groups in total. The first kappa shape index (κ1) is 23.8. The van der Waals surface area contributed by atoms with E-state index in [0.717, 1.165) is 22.5 Å². The van der Waals surface area contributed by atoms with Crippen molar-refractivity contribution in [1.82, 2.24) is 9.78 Å². The van der Waals surface area contributed by atoms with Gasteiger partial charge in [-0.25, -0.2) is 4.68 Å². The molecule has 2 aromatic carbocycles. The standard InChI is InChI=1S/C25H29N3O5S/c1-5-31-21-12-17(13-22(32-6-2)23(21)33-7-3)25(29)26-24-18-14-34(30)15-19(18)27-28(24)20-11-9-8-10-16(20)4/h8-13H,5-7,14-15H2,1-4H3,(H,26,29)/t34-/m1/s1. The van der Waals surface area contributed by atoms with E-state index >= 15 is 0 Å². The summed E-state index contributed by atoms with van der Waals surface area (Å²) in [5.41, 5.74) is 3.78. The van der Waals surface area contributed by atoms with Crippen LogP contribution in [0.1, 0.15) is 48.0 Å². The summed E-state index contributed by atoms with van der Waals surface area (Å²) < 4.78 is 31.2. The van der Waals surface area contributed by atoms with E-state index in [9.17, 15) is 9.00 Å². The van der Waals surface area contributed by atoms with Gasteiger partial charge in [0.25, 0.3) is 5.91 Å². The lowest BCUT2D eigenvalue weighted by molar-refractivity contribution is 0.102. The fraction of sp³-hybridized carbons (Fsp3) is 0.360. The Balaban J connectivity index is 1.76. The lowest BCUT2D eigenvalue weighted by Gasteiger charge is -2.17. The predicted octanol–water partition coefficient (Wildman–Crippen LogP) is 4.39. The van der Waals surface area contributed by atoms with Crippen molar-refractivity contribution in [2.75, 3.05) is 25.1 Å². The number of para-hydroxylation sites is 1. The Labute approximate surface area is 201 Å². The van der Waals surface area contributed by atoms with Crippen molar-refractivity contribution in [3.05, 3.63) is 58.8 Å². The third-order valence-corrected chi connectivity index (χ3v) is 6.62. The quantitative estimate of drug-likeness (QED) is 0.485. The molecule has 0 spiro atoms. The van der Waals surface area contributed by atoms with Gasteiger partial charge in [0.2, 0.25) is 5.75 Å². The molecule has 0 unspecified atom stereocenters. The van der Waals surface area contributed by atoms with Crippen molar-refractivity contribution in [2.24, 2.45) is 0 Å². The summed E-state index contributed by atoms with van der Waals surface area (Å²) in [4.78, 5) is 13.5. The second kappa shape index (κ2) is 10.3. The number of hydrogen-bond acceptors (Lipinski definition) is 6. The van der Waals surface area contributed by atoms with E-state index in [2.05, 4.69) is 5.32 Å². The average Bonchev–Trinajstić information content (AvgIpc) is 3.33. The molecule has 0 bridgehead atoms. The fourth-order valence-electron chi connectivity index (χ4n) is 3.93. The van der Waals surface area contributed by atoms with Gasteiger partial charge in [0.05, 0.1) is 42.7 Å². The molecule has 3 aromatic rings. The number of hydrogen-bond donors (Lipinski definition) is 1. The van der Waals surface area contributed by atoms with Crippen LogP contribution < -0.4 is 19.5 Å². The first-order valence-electron chi connectivity index (χ1n) is 11.4. The molecule has 9 heteroatoms. The van der Waals surface area contributed by atoms with Gasteiger partial charge in [0, 0.05) is 21.9 Å². The Morgan fingerprint density at radius 2 is 1.68 bits per heavy atom. The minimum Gasteiger partial charge on any atom is -0.490 e. The molecule has 1 atom stereocenters. The SMILES string of the molecule is CCOc1cc(C(=O)Nc2c3c(nn2-c2ccccc2C)C[S@](=O)C3)cc(OCC)c1OCC. The van der Waals surface area contributed by atoms with Gasteiger partial charge in [0.1, 0.15) is 5.82 Å². The van der Waals surface area contributed by atoms with Crippen molar-refractivity contribution in [1.29, 1.82) is 0 Å². The van der Waals surface area contributed by atoms with Crippen LogP contribution in [0.15, 0.2) is 36.4 Å². The summed E-state index contributed by atoms with van der Waals surface area (Å²) in [5, 5.41) is 7.71. The maximum absolute atomic E-state index is 13.5. The number of nitrogens with zero attached hydrogens (tertiary/aromatic N) is 2. The number of fused-ring (bicyclic) bond motifs is 1. The molecule has 1 aromatic heterocycles. The maximum atomic E-state index is 13.5. The van der Waals surface area contributed by atoms with E-state index in [4.69, 9.17) is 19.3 Å². The second-order valence-electron chi connectivity index (χ2n) is 7.76. The number of rotatable bonds is 9. The van der Waals surface area contributed by atoms with Gasteiger partial charge in [-0.15, -0.1) is 0 Å². The highest BCUT2D eigenvalue weighted by Gasteiger charge is 2.29. The van der Waals surface area contributed by atoms with Gasteiger partial charge in [0.15, 0.2) is 11.5 Å². The molecule has 4 rings (SSSR count). The monoisotopic (exact) mass is 483 g/mol. The zero-order chi connectivity index (χ0) is 24.2. The van der Waals surface area contributed by atoms with E-state index in [-0.39, 0.29) is 5.91 Å². The zero-order valence-electron chi connectivity index (χ0n) is 19.8. The summed E-state index contributed by atoms with van der Waals surface area (Å²) in [6, 6.07) is 11.1. The van der Waals surface area contributed by atoms with Crippen molar-refractivity contribution < 1.29 is 23.2 Å². The van der Waals surface area contributed by atoms with Crippen LogP contribution in [0.4, 0.5) is 5.82 Å². The molecule has 1 aliphatic rings. The average molecular weight is 484 g/mol. The number of aryl methyl sites for hydroxylation is 1. The maximum Gasteiger partial charge on any atom is 0.257 e. The number of aromatic nitrogens is 2. The Kier molecular flexibility index (Phi) is 7.21. The van der Waals surface area contributed by atoms with E-state index in [0.29, 0.717) is 60.0 Å². The minimum atomic E-state index is -1.03. The van der Waals surface area contributed by atoms with Gasteiger partial charge >= 0.3 is 0 Å². The van der Waals surface area contributed by atoms with Crippen molar-refractivity contribution >= 4 is 22.5 Å². The predicted molar refractivity (Wildman–Crippen MR) is 132 cm³/mol. The van der Waals surface area contributed by atoms with Gasteiger partial charge in [-0.3, -0.25) is 9.00 Å². The molecule has 1 aliphatic heterocycles. The molecule has 2 heterocycles. The first-order valence-corrected chi connectivity index (χ1v) is 12.8. The number of carbonyl (C=O) groups is 1. The molecule has 0 aliphatic carbocycles. The van der Waals surface area contributed by atoms with Gasteiger partial charge < -0.3 is 19.5 Å². The fourth-order valence-corrected chi connectivity index (χ4v) is 5.20. The van der Waals surface area contributed by atoms with E-state index in [1.165, 1.54) is 0 Å². The van der Waals surface area contributed by atoms with Crippen LogP contribution in [0, 0.1) is 6.92 Å². The second-order valence-corrected chi connectivity index (χ2v) is 9.21. The smallest absolute Gasteiger partial charge is 0.257 e. The van der Waals surface area contributed by atoms with Gasteiger partial charge in [-0.1, -0.05) is 18.2 Å². The van der Waals surface area contributed by atoms with Crippen LogP contribution in [0.3, 0.4) is 0 Å². The molecule has 8 nitrogen and oxygen atoms in total. The van der Waals surface area contributed by atoms with Crippen molar-refractivity contribution in [3.63, 3.8) is 0 Å². The largest absolute Gasteiger partial charge is 0.490 e. The summed E-state index contributed by atoms with van der Waals surface area (Å²) in [6.45, 7) is 8.86. The topological polar surface area (TPSA) is 91.7 Å². The molecule has 180 valence electrons. The molecular formula is C25H29N3O5S. The van der Waals surface area contributed by atoms with Crippen molar-refractivity contribution in [3.8, 4) is 22.9 Å². The van der Waals surface area contributed by atoms with Crippen LogP contribution in [-0.2, 0) is 22.3 Å². The first-order chi connectivity index (χ1) is 16.5. The third kappa shape index (κ3) is 4.65. The molecule has 34 heavy (non-hydrogen) atoms. The number of carbonyl (C=O) groups excluding carboxylic acids is 1. The van der Waals surface area contributed by atoms with Crippen molar-refractivity contribution in [2.45, 2.75) is 39.2 Å². The van der Waals surface area contributed by atoms with Crippen LogP contribution in [0.2, 0.25) is 0 Å². The van der Waals surface area contributed by atoms with Crippen LogP contribution >= 0.6 is 0 Å². The zero-order valence-corrected chi connectivity index (χ0v) is 20.7. The normalized spacial score (nSPS) is 14.5. The van der Waals surface area contributed by atoms with Crippen LogP contribution in [0.5, 0.6) is 17.2 Å². The number of ether oxygens (including phenoxy) is 3. The molecular weight excluding hydrogens is 454 g/mol. The molecule has 0 saturated carbocycles. The molecule has 0 saturated heterocycles. The molecule has 1 amide bonds. The van der Waals surface area contributed by atoms with E-state index < -0.39 is 10.8 Å². The highest BCUT2D eigenvalue weighted by Crippen LogP contribution is 2.40. The highest BCUT2D eigenvalue weighted by atomic mass is 32.2.